The number of aryl methyl sites for hydroxylation is 2. The van der Waals surface area contributed by atoms with Gasteiger partial charge >= 0.3 is 0 Å². The average Bonchev–Trinajstić information content (AvgIpc) is 2.83. The first kappa shape index (κ1) is 22.0. The Labute approximate surface area is 188 Å². The van der Waals surface area contributed by atoms with Gasteiger partial charge in [0.2, 0.25) is 0 Å². The van der Waals surface area contributed by atoms with E-state index in [1.807, 2.05) is 54.6 Å². The fraction of sp³-hybridized carbons (Fsp3) is 0.241. The summed E-state index contributed by atoms with van der Waals surface area (Å²) in [6, 6.07) is 24.2. The standard InChI is InChI=1S/C29H28F2O/c1-2-3-4-19-32-27-16-11-22(12-17-27)24-13-18-28-25(20-24)10-9-23(29(28)31)8-5-21-6-14-26(30)15-7-21/h6-7,9-18,20H,2-5,8,19H2,1H3. The van der Waals surface area contributed by atoms with E-state index in [4.69, 9.17) is 4.74 Å². The third-order valence-electron chi connectivity index (χ3n) is 5.83. The predicted molar refractivity (Wildman–Crippen MR) is 128 cm³/mol. The van der Waals surface area contributed by atoms with Gasteiger partial charge in [-0.05, 0) is 77.2 Å². The maximum absolute atomic E-state index is 15.1. The van der Waals surface area contributed by atoms with Gasteiger partial charge in [0.25, 0.3) is 0 Å². The van der Waals surface area contributed by atoms with Crippen molar-refractivity contribution in [2.45, 2.75) is 39.0 Å². The molecule has 0 aromatic heterocycles. The first-order chi connectivity index (χ1) is 15.6. The molecule has 4 aromatic rings. The lowest BCUT2D eigenvalue weighted by Crippen LogP contribution is -1.97. The number of unbranched alkanes of at least 4 members (excludes halogenated alkanes) is 2. The van der Waals surface area contributed by atoms with Crippen LogP contribution in [0.15, 0.2) is 78.9 Å². The molecule has 164 valence electrons. The van der Waals surface area contributed by atoms with Crippen LogP contribution in [0.2, 0.25) is 0 Å². The Morgan fingerprint density at radius 3 is 2.22 bits per heavy atom. The van der Waals surface area contributed by atoms with E-state index in [1.54, 1.807) is 12.1 Å². The zero-order valence-electron chi connectivity index (χ0n) is 18.4. The monoisotopic (exact) mass is 430 g/mol. The number of hydrogen-bond donors (Lipinski definition) is 0. The molecule has 0 unspecified atom stereocenters. The van der Waals surface area contributed by atoms with Crippen molar-refractivity contribution in [1.82, 2.24) is 0 Å². The summed E-state index contributed by atoms with van der Waals surface area (Å²) in [5.74, 6) is 0.449. The summed E-state index contributed by atoms with van der Waals surface area (Å²) in [6.07, 6.45) is 4.68. The van der Waals surface area contributed by atoms with E-state index >= 15 is 4.39 Å². The number of fused-ring (bicyclic) bond motifs is 1. The van der Waals surface area contributed by atoms with Gasteiger partial charge in [0.1, 0.15) is 17.4 Å². The van der Waals surface area contributed by atoms with Crippen LogP contribution in [-0.2, 0) is 12.8 Å². The highest BCUT2D eigenvalue weighted by atomic mass is 19.1. The molecule has 0 saturated heterocycles. The molecule has 0 aliphatic heterocycles. The molecule has 0 saturated carbocycles. The number of hydrogen-bond acceptors (Lipinski definition) is 1. The van der Waals surface area contributed by atoms with Gasteiger partial charge in [-0.2, -0.15) is 0 Å². The lowest BCUT2D eigenvalue weighted by Gasteiger charge is -2.10. The summed E-state index contributed by atoms with van der Waals surface area (Å²) in [4.78, 5) is 0. The molecule has 3 heteroatoms. The summed E-state index contributed by atoms with van der Waals surface area (Å²) >= 11 is 0. The van der Waals surface area contributed by atoms with Gasteiger partial charge in [0.15, 0.2) is 0 Å². The molecule has 32 heavy (non-hydrogen) atoms. The molecular weight excluding hydrogens is 402 g/mol. The summed E-state index contributed by atoms with van der Waals surface area (Å²) < 4.78 is 34.0. The van der Waals surface area contributed by atoms with Crippen LogP contribution in [0.5, 0.6) is 5.75 Å². The van der Waals surface area contributed by atoms with E-state index < -0.39 is 0 Å². The topological polar surface area (TPSA) is 9.23 Å². The Morgan fingerprint density at radius 2 is 1.47 bits per heavy atom. The summed E-state index contributed by atoms with van der Waals surface area (Å²) in [6.45, 7) is 2.92. The predicted octanol–water partition coefficient (Wildman–Crippen LogP) is 8.14. The van der Waals surface area contributed by atoms with Crippen LogP contribution in [0.25, 0.3) is 21.9 Å². The van der Waals surface area contributed by atoms with Gasteiger partial charge in [-0.25, -0.2) is 8.78 Å². The minimum Gasteiger partial charge on any atom is -0.494 e. The van der Waals surface area contributed by atoms with Crippen molar-refractivity contribution in [1.29, 1.82) is 0 Å². The molecule has 0 atom stereocenters. The van der Waals surface area contributed by atoms with Crippen LogP contribution < -0.4 is 4.74 Å². The van der Waals surface area contributed by atoms with E-state index in [1.165, 1.54) is 25.0 Å². The molecule has 1 nitrogen and oxygen atoms in total. The molecule has 0 heterocycles. The van der Waals surface area contributed by atoms with Crippen LogP contribution in [-0.4, -0.2) is 6.61 Å². The largest absolute Gasteiger partial charge is 0.494 e. The Morgan fingerprint density at radius 1 is 0.719 bits per heavy atom. The van der Waals surface area contributed by atoms with Crippen LogP contribution in [0.1, 0.15) is 37.3 Å². The van der Waals surface area contributed by atoms with Crippen molar-refractivity contribution in [2.24, 2.45) is 0 Å². The van der Waals surface area contributed by atoms with Gasteiger partial charge in [0.05, 0.1) is 6.61 Å². The molecule has 4 aromatic carbocycles. The van der Waals surface area contributed by atoms with Gasteiger partial charge in [-0.1, -0.05) is 68.3 Å². The van der Waals surface area contributed by atoms with Crippen molar-refractivity contribution in [3.05, 3.63) is 102 Å². The zero-order valence-corrected chi connectivity index (χ0v) is 18.4. The van der Waals surface area contributed by atoms with Crippen molar-refractivity contribution in [3.63, 3.8) is 0 Å². The van der Waals surface area contributed by atoms with Gasteiger partial charge < -0.3 is 4.74 Å². The second-order valence-corrected chi connectivity index (χ2v) is 8.18. The minimum absolute atomic E-state index is 0.174. The number of ether oxygens (including phenoxy) is 1. The van der Waals surface area contributed by atoms with E-state index in [9.17, 15) is 4.39 Å². The SMILES string of the molecule is CCCCCOc1ccc(-c2ccc3c(F)c(CCc4ccc(F)cc4)ccc3c2)cc1. The number of halogens is 2. The van der Waals surface area contributed by atoms with Crippen LogP contribution >= 0.6 is 0 Å². The maximum atomic E-state index is 15.1. The van der Waals surface area contributed by atoms with Crippen molar-refractivity contribution in [3.8, 4) is 16.9 Å². The minimum atomic E-state index is -0.254. The maximum Gasteiger partial charge on any atom is 0.134 e. The van der Waals surface area contributed by atoms with Crippen LogP contribution in [0, 0.1) is 11.6 Å². The first-order valence-electron chi connectivity index (χ1n) is 11.3. The van der Waals surface area contributed by atoms with Crippen molar-refractivity contribution in [2.75, 3.05) is 6.61 Å². The second-order valence-electron chi connectivity index (χ2n) is 8.18. The second kappa shape index (κ2) is 10.4. The lowest BCUT2D eigenvalue weighted by molar-refractivity contribution is 0.306. The van der Waals surface area contributed by atoms with E-state index in [0.717, 1.165) is 40.9 Å². The molecule has 0 N–H and O–H groups in total. The lowest BCUT2D eigenvalue weighted by atomic mass is 9.97. The highest BCUT2D eigenvalue weighted by Gasteiger charge is 2.09. The molecule has 0 amide bonds. The van der Waals surface area contributed by atoms with Gasteiger partial charge in [-0.3, -0.25) is 0 Å². The summed E-state index contributed by atoms with van der Waals surface area (Å²) in [5, 5.41) is 1.51. The Kier molecular flexibility index (Phi) is 7.16. The molecular formula is C29H28F2O. The molecule has 0 aliphatic rings. The normalized spacial score (nSPS) is 11.1. The van der Waals surface area contributed by atoms with Crippen molar-refractivity contribution < 1.29 is 13.5 Å². The third kappa shape index (κ3) is 5.34. The molecule has 0 spiro atoms. The fourth-order valence-corrected chi connectivity index (χ4v) is 3.93. The Balaban J connectivity index is 1.47. The quantitative estimate of drug-likeness (QED) is 0.244. The van der Waals surface area contributed by atoms with Crippen LogP contribution in [0.4, 0.5) is 8.78 Å². The number of rotatable bonds is 9. The molecule has 0 radical (unpaired) electrons. The van der Waals surface area contributed by atoms with E-state index in [2.05, 4.69) is 6.92 Å². The molecule has 0 bridgehead atoms. The first-order valence-corrected chi connectivity index (χ1v) is 11.3. The van der Waals surface area contributed by atoms with Gasteiger partial charge in [-0.15, -0.1) is 0 Å². The van der Waals surface area contributed by atoms with Crippen LogP contribution in [0.3, 0.4) is 0 Å². The number of benzene rings is 4. The van der Waals surface area contributed by atoms with E-state index in [-0.39, 0.29) is 11.6 Å². The van der Waals surface area contributed by atoms with E-state index in [0.29, 0.717) is 23.8 Å². The fourth-order valence-electron chi connectivity index (χ4n) is 3.93. The average molecular weight is 431 g/mol. The summed E-state index contributed by atoms with van der Waals surface area (Å²) in [7, 11) is 0. The molecule has 4 rings (SSSR count). The van der Waals surface area contributed by atoms with Crippen molar-refractivity contribution >= 4 is 10.8 Å². The highest BCUT2D eigenvalue weighted by molar-refractivity contribution is 5.88. The third-order valence-corrected chi connectivity index (χ3v) is 5.83. The Bertz CT molecular complexity index is 1160. The molecule has 0 aliphatic carbocycles. The Hall–Kier alpha value is -3.20. The smallest absolute Gasteiger partial charge is 0.134 e. The van der Waals surface area contributed by atoms with Gasteiger partial charge in [0, 0.05) is 5.39 Å². The zero-order chi connectivity index (χ0) is 22.3. The summed E-state index contributed by atoms with van der Waals surface area (Å²) in [5.41, 5.74) is 3.81. The highest BCUT2D eigenvalue weighted by Crippen LogP contribution is 2.29. The molecule has 0 fully saturated rings.